The Balaban J connectivity index is 2.14. The SMILES string of the molecule is CN(C)C1CCN(S(=O)(=O)c2ccnc(N)c2)CC1. The van der Waals surface area contributed by atoms with Gasteiger partial charge in [-0.05, 0) is 33.0 Å². The third-order valence-electron chi connectivity index (χ3n) is 3.54. The van der Waals surface area contributed by atoms with E-state index >= 15 is 0 Å². The molecule has 7 heteroatoms. The number of piperidine rings is 1. The summed E-state index contributed by atoms with van der Waals surface area (Å²) in [5, 5.41) is 0. The molecule has 1 aliphatic heterocycles. The largest absolute Gasteiger partial charge is 0.384 e. The average Bonchev–Trinajstić information content (AvgIpc) is 2.39. The number of sulfonamides is 1. The first-order valence-corrected chi connectivity index (χ1v) is 7.73. The third-order valence-corrected chi connectivity index (χ3v) is 5.44. The molecule has 1 aromatic rings. The molecule has 106 valence electrons. The molecule has 0 unspecified atom stereocenters. The highest BCUT2D eigenvalue weighted by Crippen LogP contribution is 2.22. The lowest BCUT2D eigenvalue weighted by molar-refractivity contribution is 0.196. The molecule has 1 aromatic heterocycles. The van der Waals surface area contributed by atoms with Gasteiger partial charge in [0, 0.05) is 31.4 Å². The van der Waals surface area contributed by atoms with Gasteiger partial charge in [-0.2, -0.15) is 4.31 Å². The topological polar surface area (TPSA) is 79.5 Å². The number of hydrogen-bond acceptors (Lipinski definition) is 5. The number of rotatable bonds is 3. The van der Waals surface area contributed by atoms with Gasteiger partial charge in [0.25, 0.3) is 0 Å². The fourth-order valence-corrected chi connectivity index (χ4v) is 3.83. The highest BCUT2D eigenvalue weighted by Gasteiger charge is 2.30. The molecule has 2 N–H and O–H groups in total. The summed E-state index contributed by atoms with van der Waals surface area (Å²) >= 11 is 0. The fourth-order valence-electron chi connectivity index (χ4n) is 2.34. The highest BCUT2D eigenvalue weighted by molar-refractivity contribution is 7.89. The molecule has 1 aliphatic rings. The Morgan fingerprint density at radius 3 is 2.53 bits per heavy atom. The summed E-state index contributed by atoms with van der Waals surface area (Å²) < 4.78 is 26.4. The molecule has 0 aromatic carbocycles. The zero-order valence-electron chi connectivity index (χ0n) is 11.3. The Labute approximate surface area is 114 Å². The standard InChI is InChI=1S/C12H20N4O2S/c1-15(2)10-4-7-16(8-5-10)19(17,18)11-3-6-14-12(13)9-11/h3,6,9-10H,4-5,7-8H2,1-2H3,(H2,13,14). The molecule has 0 atom stereocenters. The van der Waals surface area contributed by atoms with Gasteiger partial charge in [0.2, 0.25) is 10.0 Å². The smallest absolute Gasteiger partial charge is 0.243 e. The predicted molar refractivity (Wildman–Crippen MR) is 74.1 cm³/mol. The van der Waals surface area contributed by atoms with Gasteiger partial charge in [-0.3, -0.25) is 0 Å². The molecular weight excluding hydrogens is 264 g/mol. The number of nitrogen functional groups attached to an aromatic ring is 1. The van der Waals surface area contributed by atoms with Crippen LogP contribution in [0.2, 0.25) is 0 Å². The molecule has 6 nitrogen and oxygen atoms in total. The summed E-state index contributed by atoms with van der Waals surface area (Å²) in [6, 6.07) is 3.35. The van der Waals surface area contributed by atoms with Crippen LogP contribution in [0.15, 0.2) is 23.2 Å². The monoisotopic (exact) mass is 284 g/mol. The molecule has 2 rings (SSSR count). The van der Waals surface area contributed by atoms with Gasteiger partial charge in [0.1, 0.15) is 5.82 Å². The van der Waals surface area contributed by atoms with Crippen molar-refractivity contribution in [2.45, 2.75) is 23.8 Å². The van der Waals surface area contributed by atoms with Crippen LogP contribution in [0.3, 0.4) is 0 Å². The second kappa shape index (κ2) is 5.44. The van der Waals surface area contributed by atoms with Gasteiger partial charge in [-0.25, -0.2) is 13.4 Å². The summed E-state index contributed by atoms with van der Waals surface area (Å²) in [5.41, 5.74) is 5.55. The third kappa shape index (κ3) is 3.05. The summed E-state index contributed by atoms with van der Waals surface area (Å²) in [6.45, 7) is 1.10. The highest BCUT2D eigenvalue weighted by atomic mass is 32.2. The van der Waals surface area contributed by atoms with Crippen molar-refractivity contribution in [1.29, 1.82) is 0 Å². The Bertz CT molecular complexity index is 536. The maximum atomic E-state index is 12.4. The first-order valence-electron chi connectivity index (χ1n) is 6.29. The lowest BCUT2D eigenvalue weighted by Crippen LogP contribution is -2.44. The normalized spacial score (nSPS) is 18.9. The maximum Gasteiger partial charge on any atom is 0.243 e. The van der Waals surface area contributed by atoms with E-state index in [9.17, 15) is 8.42 Å². The second-order valence-corrected chi connectivity index (χ2v) is 6.95. The number of aromatic nitrogens is 1. The molecule has 1 saturated heterocycles. The van der Waals surface area contributed by atoms with Gasteiger partial charge in [-0.15, -0.1) is 0 Å². The van der Waals surface area contributed by atoms with Crippen LogP contribution >= 0.6 is 0 Å². The first-order chi connectivity index (χ1) is 8.91. The van der Waals surface area contributed by atoms with Crippen molar-refractivity contribution >= 4 is 15.8 Å². The molecular formula is C12H20N4O2S. The molecule has 0 saturated carbocycles. The van der Waals surface area contributed by atoms with E-state index in [-0.39, 0.29) is 10.7 Å². The molecule has 1 fully saturated rings. The van der Waals surface area contributed by atoms with Gasteiger partial charge in [-0.1, -0.05) is 0 Å². The van der Waals surface area contributed by atoms with Gasteiger partial charge in [0.15, 0.2) is 0 Å². The molecule has 0 radical (unpaired) electrons. The average molecular weight is 284 g/mol. The molecule has 0 aliphatic carbocycles. The summed E-state index contributed by atoms with van der Waals surface area (Å²) in [4.78, 5) is 6.19. The van der Waals surface area contributed by atoms with E-state index in [0.717, 1.165) is 12.8 Å². The molecule has 2 heterocycles. The second-order valence-electron chi connectivity index (χ2n) is 5.02. The van der Waals surface area contributed by atoms with Crippen LogP contribution in [0.5, 0.6) is 0 Å². The van der Waals surface area contributed by atoms with Crippen LogP contribution in [0, 0.1) is 0 Å². The number of anilines is 1. The van der Waals surface area contributed by atoms with Crippen LogP contribution < -0.4 is 5.73 Å². The summed E-state index contributed by atoms with van der Waals surface area (Å²) in [7, 11) is 0.614. The van der Waals surface area contributed by atoms with Crippen molar-refractivity contribution in [2.75, 3.05) is 32.9 Å². The Morgan fingerprint density at radius 2 is 2.00 bits per heavy atom. The van der Waals surface area contributed by atoms with Crippen LogP contribution in [-0.2, 0) is 10.0 Å². The first kappa shape index (κ1) is 14.2. The number of pyridine rings is 1. The Hall–Kier alpha value is -1.18. The van der Waals surface area contributed by atoms with Crippen molar-refractivity contribution in [2.24, 2.45) is 0 Å². The van der Waals surface area contributed by atoms with Crippen LogP contribution in [0.4, 0.5) is 5.82 Å². The fraction of sp³-hybridized carbons (Fsp3) is 0.583. The predicted octanol–water partition coefficient (Wildman–Crippen LogP) is 0.378. The molecule has 0 amide bonds. The van der Waals surface area contributed by atoms with E-state index in [1.54, 1.807) is 0 Å². The molecule has 19 heavy (non-hydrogen) atoms. The number of hydrogen-bond donors (Lipinski definition) is 1. The van der Waals surface area contributed by atoms with Crippen molar-refractivity contribution < 1.29 is 8.42 Å². The van der Waals surface area contributed by atoms with Crippen LogP contribution in [-0.4, -0.2) is 55.8 Å². The Morgan fingerprint density at radius 1 is 1.37 bits per heavy atom. The quantitative estimate of drug-likeness (QED) is 0.868. The van der Waals surface area contributed by atoms with E-state index in [0.29, 0.717) is 19.1 Å². The lowest BCUT2D eigenvalue weighted by Gasteiger charge is -2.34. The maximum absolute atomic E-state index is 12.4. The van der Waals surface area contributed by atoms with Crippen LogP contribution in [0.25, 0.3) is 0 Å². The minimum atomic E-state index is -3.44. The minimum Gasteiger partial charge on any atom is -0.384 e. The van der Waals surface area contributed by atoms with E-state index < -0.39 is 10.0 Å². The zero-order valence-corrected chi connectivity index (χ0v) is 12.1. The van der Waals surface area contributed by atoms with Gasteiger partial charge < -0.3 is 10.6 Å². The van der Waals surface area contributed by atoms with Crippen molar-refractivity contribution in [3.05, 3.63) is 18.3 Å². The van der Waals surface area contributed by atoms with Crippen molar-refractivity contribution in [1.82, 2.24) is 14.2 Å². The van der Waals surface area contributed by atoms with E-state index in [2.05, 4.69) is 9.88 Å². The number of nitrogens with two attached hydrogens (primary N) is 1. The van der Waals surface area contributed by atoms with Crippen LogP contribution in [0.1, 0.15) is 12.8 Å². The van der Waals surface area contributed by atoms with E-state index in [1.807, 2.05) is 14.1 Å². The van der Waals surface area contributed by atoms with Gasteiger partial charge >= 0.3 is 0 Å². The van der Waals surface area contributed by atoms with Crippen molar-refractivity contribution in [3.63, 3.8) is 0 Å². The molecule has 0 bridgehead atoms. The van der Waals surface area contributed by atoms with E-state index in [4.69, 9.17) is 5.73 Å². The van der Waals surface area contributed by atoms with Crippen molar-refractivity contribution in [3.8, 4) is 0 Å². The van der Waals surface area contributed by atoms with Gasteiger partial charge in [0.05, 0.1) is 4.90 Å². The summed E-state index contributed by atoms with van der Waals surface area (Å²) in [6.07, 6.45) is 3.13. The molecule has 0 spiro atoms. The Kier molecular flexibility index (Phi) is 4.07. The minimum absolute atomic E-state index is 0.225. The summed E-state index contributed by atoms with van der Waals surface area (Å²) in [5.74, 6) is 0.226. The number of nitrogens with zero attached hydrogens (tertiary/aromatic N) is 3. The lowest BCUT2D eigenvalue weighted by atomic mass is 10.1. The zero-order chi connectivity index (χ0) is 14.0. The van der Waals surface area contributed by atoms with E-state index in [1.165, 1.54) is 22.6 Å².